The molecular weight excluding hydrogens is 369 g/mol. The monoisotopic (exact) mass is 383 g/mol. The van der Waals surface area contributed by atoms with E-state index in [2.05, 4.69) is 27.9 Å². The van der Waals surface area contributed by atoms with Crippen molar-refractivity contribution < 1.29 is 15.0 Å². The summed E-state index contributed by atoms with van der Waals surface area (Å²) in [6.07, 6.45) is 0. The Morgan fingerprint density at radius 3 is 2.55 bits per heavy atom. The highest BCUT2D eigenvalue weighted by molar-refractivity contribution is 14.1. The van der Waals surface area contributed by atoms with E-state index in [-0.39, 0.29) is 17.9 Å². The van der Waals surface area contributed by atoms with Crippen LogP contribution in [0.15, 0.2) is 48.5 Å². The molecule has 104 valence electrons. The zero-order chi connectivity index (χ0) is 14.5. The molecule has 0 heterocycles. The van der Waals surface area contributed by atoms with Crippen LogP contribution < -0.4 is 5.32 Å². The molecule has 3 N–H and O–H groups in total. The van der Waals surface area contributed by atoms with Crippen molar-refractivity contribution in [2.45, 2.75) is 6.04 Å². The van der Waals surface area contributed by atoms with Gasteiger partial charge in [-0.2, -0.15) is 0 Å². The summed E-state index contributed by atoms with van der Waals surface area (Å²) in [5, 5.41) is 21.9. The molecule has 2 rings (SSSR count). The maximum atomic E-state index is 12.2. The molecular formula is C15H14INO3. The van der Waals surface area contributed by atoms with Gasteiger partial charge in [0.15, 0.2) is 0 Å². The van der Waals surface area contributed by atoms with E-state index in [0.29, 0.717) is 0 Å². The highest BCUT2D eigenvalue weighted by atomic mass is 127. The lowest BCUT2D eigenvalue weighted by atomic mass is 10.1. The quantitative estimate of drug-likeness (QED) is 0.711. The number of aliphatic hydroxyl groups is 1. The molecule has 0 radical (unpaired) electrons. The summed E-state index contributed by atoms with van der Waals surface area (Å²) in [5.41, 5.74) is 1.01. The predicted octanol–water partition coefficient (Wildman–Crippen LogP) is 2.46. The Morgan fingerprint density at radius 1 is 1.20 bits per heavy atom. The van der Waals surface area contributed by atoms with E-state index >= 15 is 0 Å². The second kappa shape index (κ2) is 6.71. The van der Waals surface area contributed by atoms with Crippen molar-refractivity contribution in [3.05, 3.63) is 63.2 Å². The molecule has 2 aromatic rings. The lowest BCUT2D eigenvalue weighted by Gasteiger charge is -2.17. The fourth-order valence-corrected chi connectivity index (χ4v) is 2.34. The molecule has 5 heteroatoms. The maximum absolute atomic E-state index is 12.2. The average molecular weight is 383 g/mol. The van der Waals surface area contributed by atoms with Gasteiger partial charge in [0.25, 0.3) is 5.91 Å². The number of amides is 1. The highest BCUT2D eigenvalue weighted by Crippen LogP contribution is 2.21. The summed E-state index contributed by atoms with van der Waals surface area (Å²) in [6.45, 7) is -0.208. The Balaban J connectivity index is 2.20. The van der Waals surface area contributed by atoms with Crippen LogP contribution >= 0.6 is 22.6 Å². The SMILES string of the molecule is O=C(N[C@@H](CO)c1ccccc1)c1cc(I)ccc1O. The van der Waals surface area contributed by atoms with Crippen LogP contribution in [0, 0.1) is 3.57 Å². The molecule has 0 bridgehead atoms. The van der Waals surface area contributed by atoms with Crippen LogP contribution in [0.1, 0.15) is 22.0 Å². The molecule has 20 heavy (non-hydrogen) atoms. The number of aromatic hydroxyl groups is 1. The van der Waals surface area contributed by atoms with Crippen molar-refractivity contribution in [1.82, 2.24) is 5.32 Å². The fourth-order valence-electron chi connectivity index (χ4n) is 1.85. The van der Waals surface area contributed by atoms with E-state index in [1.165, 1.54) is 6.07 Å². The number of halogens is 1. The number of rotatable bonds is 4. The molecule has 4 nitrogen and oxygen atoms in total. The lowest BCUT2D eigenvalue weighted by molar-refractivity contribution is 0.0913. The summed E-state index contributed by atoms with van der Waals surface area (Å²) >= 11 is 2.07. The smallest absolute Gasteiger partial charge is 0.255 e. The van der Waals surface area contributed by atoms with E-state index in [1.807, 2.05) is 30.3 Å². The Morgan fingerprint density at radius 2 is 1.90 bits per heavy atom. The van der Waals surface area contributed by atoms with Gasteiger partial charge < -0.3 is 15.5 Å². The van der Waals surface area contributed by atoms with Gasteiger partial charge in [0.1, 0.15) is 5.75 Å². The van der Waals surface area contributed by atoms with Crippen LogP contribution in [0.25, 0.3) is 0 Å². The standard InChI is InChI=1S/C15H14INO3/c16-11-6-7-14(19)12(8-11)15(20)17-13(9-18)10-4-2-1-3-5-10/h1-8,13,18-19H,9H2,(H,17,20)/t13-/m0/s1. The van der Waals surface area contributed by atoms with Crippen molar-refractivity contribution in [1.29, 1.82) is 0 Å². The van der Waals surface area contributed by atoms with Crippen molar-refractivity contribution >= 4 is 28.5 Å². The first-order valence-corrected chi connectivity index (χ1v) is 7.15. The largest absolute Gasteiger partial charge is 0.507 e. The molecule has 0 spiro atoms. The van der Waals surface area contributed by atoms with Gasteiger partial charge in [0.2, 0.25) is 0 Å². The van der Waals surface area contributed by atoms with Crippen molar-refractivity contribution in [2.24, 2.45) is 0 Å². The molecule has 1 atom stereocenters. The third-order valence-corrected chi connectivity index (χ3v) is 3.56. The number of carbonyl (C=O) groups excluding carboxylic acids is 1. The van der Waals surface area contributed by atoms with Gasteiger partial charge >= 0.3 is 0 Å². The van der Waals surface area contributed by atoms with Crippen LogP contribution in [0.4, 0.5) is 0 Å². The van der Waals surface area contributed by atoms with Crippen LogP contribution in [0.2, 0.25) is 0 Å². The van der Waals surface area contributed by atoms with Crippen molar-refractivity contribution in [3.63, 3.8) is 0 Å². The van der Waals surface area contributed by atoms with Crippen LogP contribution in [0.5, 0.6) is 5.75 Å². The molecule has 0 saturated carbocycles. The molecule has 0 aliphatic rings. The molecule has 2 aromatic carbocycles. The number of benzene rings is 2. The lowest BCUT2D eigenvalue weighted by Crippen LogP contribution is -2.30. The van der Waals surface area contributed by atoms with E-state index in [1.54, 1.807) is 12.1 Å². The normalized spacial score (nSPS) is 11.9. The van der Waals surface area contributed by atoms with Gasteiger partial charge in [-0.3, -0.25) is 4.79 Å². The van der Waals surface area contributed by atoms with Crippen LogP contribution in [-0.2, 0) is 0 Å². The number of hydrogen-bond acceptors (Lipinski definition) is 3. The van der Waals surface area contributed by atoms with Crippen molar-refractivity contribution in [2.75, 3.05) is 6.61 Å². The summed E-state index contributed by atoms with van der Waals surface area (Å²) in [4.78, 5) is 12.2. The molecule has 0 saturated heterocycles. The molecule has 0 aromatic heterocycles. The molecule has 0 unspecified atom stereocenters. The van der Waals surface area contributed by atoms with Gasteiger partial charge in [-0.1, -0.05) is 30.3 Å². The topological polar surface area (TPSA) is 69.6 Å². The molecule has 0 aliphatic carbocycles. The summed E-state index contributed by atoms with van der Waals surface area (Å²) in [5.74, 6) is -0.489. The number of aliphatic hydroxyl groups excluding tert-OH is 1. The van der Waals surface area contributed by atoms with Crippen LogP contribution in [-0.4, -0.2) is 22.7 Å². The first-order chi connectivity index (χ1) is 9.61. The highest BCUT2D eigenvalue weighted by Gasteiger charge is 2.17. The Bertz CT molecular complexity index is 601. The first kappa shape index (κ1) is 14.8. The minimum absolute atomic E-state index is 0.0762. The van der Waals surface area contributed by atoms with Gasteiger partial charge in [-0.15, -0.1) is 0 Å². The third-order valence-electron chi connectivity index (χ3n) is 2.89. The minimum Gasteiger partial charge on any atom is -0.507 e. The second-order valence-electron chi connectivity index (χ2n) is 4.28. The Labute approximate surface area is 130 Å². The summed E-state index contributed by atoms with van der Waals surface area (Å²) in [7, 11) is 0. The fraction of sp³-hybridized carbons (Fsp3) is 0.133. The van der Waals surface area contributed by atoms with E-state index in [9.17, 15) is 15.0 Å². The maximum Gasteiger partial charge on any atom is 0.255 e. The zero-order valence-corrected chi connectivity index (χ0v) is 12.7. The van der Waals surface area contributed by atoms with Crippen molar-refractivity contribution in [3.8, 4) is 5.75 Å². The average Bonchev–Trinajstić information content (AvgIpc) is 2.48. The summed E-state index contributed by atoms with van der Waals surface area (Å²) < 4.78 is 0.853. The van der Waals surface area contributed by atoms with Gasteiger partial charge in [-0.25, -0.2) is 0 Å². The van der Waals surface area contributed by atoms with Gasteiger partial charge in [-0.05, 0) is 46.4 Å². The van der Waals surface area contributed by atoms with E-state index in [4.69, 9.17) is 0 Å². The van der Waals surface area contributed by atoms with Crippen LogP contribution in [0.3, 0.4) is 0 Å². The van der Waals surface area contributed by atoms with Gasteiger partial charge in [0, 0.05) is 3.57 Å². The number of phenolic OH excluding ortho intramolecular Hbond substituents is 1. The number of nitrogens with one attached hydrogen (secondary N) is 1. The third kappa shape index (κ3) is 3.49. The number of phenols is 1. The predicted molar refractivity (Wildman–Crippen MR) is 84.6 cm³/mol. The Kier molecular flexibility index (Phi) is 4.97. The minimum atomic E-state index is -0.499. The van der Waals surface area contributed by atoms with E-state index in [0.717, 1.165) is 9.13 Å². The molecule has 0 aliphatic heterocycles. The summed E-state index contributed by atoms with van der Waals surface area (Å²) in [6, 6.07) is 13.5. The van der Waals surface area contributed by atoms with Gasteiger partial charge in [0.05, 0.1) is 18.2 Å². The van der Waals surface area contributed by atoms with E-state index < -0.39 is 11.9 Å². The molecule has 1 amide bonds. The zero-order valence-electron chi connectivity index (χ0n) is 10.6. The number of hydrogen-bond donors (Lipinski definition) is 3. The Hall–Kier alpha value is -1.60. The second-order valence-corrected chi connectivity index (χ2v) is 5.53. The number of carbonyl (C=O) groups is 1. The first-order valence-electron chi connectivity index (χ1n) is 6.07. The molecule has 0 fully saturated rings.